The molecule has 0 aliphatic carbocycles. The Morgan fingerprint density at radius 2 is 2.00 bits per heavy atom. The molecule has 0 spiro atoms. The molecule has 1 aliphatic heterocycles. The summed E-state index contributed by atoms with van der Waals surface area (Å²) in [5.41, 5.74) is 1.65. The van der Waals surface area contributed by atoms with Crippen molar-refractivity contribution in [1.82, 2.24) is 20.0 Å². The highest BCUT2D eigenvalue weighted by Gasteiger charge is 2.19. The number of ether oxygens (including phenoxy) is 1. The fourth-order valence-electron chi connectivity index (χ4n) is 3.65. The van der Waals surface area contributed by atoms with E-state index >= 15 is 0 Å². The molecule has 8 nitrogen and oxygen atoms in total. The first-order valence-corrected chi connectivity index (χ1v) is 10.7. The van der Waals surface area contributed by atoms with E-state index in [1.54, 1.807) is 23.9 Å². The number of piperidine rings is 1. The molecular formula is C22H31N5O3. The average molecular weight is 414 g/mol. The van der Waals surface area contributed by atoms with Gasteiger partial charge in [-0.15, -0.1) is 0 Å². The Kier molecular flexibility index (Phi) is 7.84. The highest BCUT2D eigenvalue weighted by Crippen LogP contribution is 2.17. The maximum atomic E-state index is 12.3. The minimum absolute atomic E-state index is 0.212. The zero-order valence-electron chi connectivity index (χ0n) is 17.8. The van der Waals surface area contributed by atoms with E-state index in [1.165, 1.54) is 6.42 Å². The quantitative estimate of drug-likeness (QED) is 0.649. The molecule has 2 N–H and O–H groups in total. The van der Waals surface area contributed by atoms with Crippen molar-refractivity contribution < 1.29 is 14.3 Å². The number of nitrogens with zero attached hydrogens (tertiary/aromatic N) is 3. The van der Waals surface area contributed by atoms with Crippen molar-refractivity contribution in [2.75, 3.05) is 38.1 Å². The molecule has 0 radical (unpaired) electrons. The van der Waals surface area contributed by atoms with Gasteiger partial charge in [-0.3, -0.25) is 0 Å². The lowest BCUT2D eigenvalue weighted by molar-refractivity contribution is 0.0519. The van der Waals surface area contributed by atoms with Crippen LogP contribution < -0.4 is 10.6 Å². The topological polar surface area (TPSA) is 88.5 Å². The molecule has 1 aromatic heterocycles. The third kappa shape index (κ3) is 6.06. The molecule has 0 atom stereocenters. The van der Waals surface area contributed by atoms with Crippen LogP contribution in [0.2, 0.25) is 0 Å². The van der Waals surface area contributed by atoms with Crippen LogP contribution in [-0.4, -0.2) is 59.5 Å². The number of anilines is 1. The number of nitrogens with one attached hydrogen (secondary N) is 2. The summed E-state index contributed by atoms with van der Waals surface area (Å²) in [7, 11) is 0. The number of amides is 2. The van der Waals surface area contributed by atoms with E-state index in [2.05, 4.69) is 27.6 Å². The second-order valence-electron chi connectivity index (χ2n) is 7.54. The van der Waals surface area contributed by atoms with Crippen LogP contribution in [0.25, 0.3) is 5.69 Å². The number of likely N-dealkylation sites (tertiary alicyclic amines) is 1. The van der Waals surface area contributed by atoms with Crippen molar-refractivity contribution >= 4 is 17.7 Å². The van der Waals surface area contributed by atoms with Crippen LogP contribution in [0.5, 0.6) is 0 Å². The number of rotatable bonds is 8. The lowest BCUT2D eigenvalue weighted by Crippen LogP contribution is -2.40. The monoisotopic (exact) mass is 413 g/mol. The second kappa shape index (κ2) is 10.8. The van der Waals surface area contributed by atoms with Crippen molar-refractivity contribution in [2.45, 2.75) is 33.1 Å². The first-order chi connectivity index (χ1) is 14.6. The van der Waals surface area contributed by atoms with Crippen LogP contribution in [0.3, 0.4) is 0 Å². The van der Waals surface area contributed by atoms with Gasteiger partial charge in [-0.05, 0) is 76.0 Å². The van der Waals surface area contributed by atoms with E-state index < -0.39 is 5.97 Å². The van der Waals surface area contributed by atoms with Crippen molar-refractivity contribution in [2.24, 2.45) is 5.92 Å². The van der Waals surface area contributed by atoms with Gasteiger partial charge in [0, 0.05) is 18.4 Å². The van der Waals surface area contributed by atoms with Crippen molar-refractivity contribution in [3.8, 4) is 5.69 Å². The number of hydrogen-bond donors (Lipinski definition) is 2. The highest BCUT2D eigenvalue weighted by atomic mass is 16.5. The molecule has 2 amide bonds. The molecular weight excluding hydrogens is 382 g/mol. The number of carbonyl (C=O) groups is 2. The summed E-state index contributed by atoms with van der Waals surface area (Å²) in [6, 6.07) is 8.72. The molecule has 2 heterocycles. The Bertz CT molecular complexity index is 843. The molecule has 8 heteroatoms. The third-order valence-electron chi connectivity index (χ3n) is 5.24. The Labute approximate surface area is 177 Å². The fraction of sp³-hybridized carbons (Fsp3) is 0.500. The summed E-state index contributed by atoms with van der Waals surface area (Å²) in [6.45, 7) is 8.34. The Morgan fingerprint density at radius 3 is 2.73 bits per heavy atom. The fourth-order valence-corrected chi connectivity index (χ4v) is 3.65. The number of urea groups is 1. The molecule has 1 aromatic carbocycles. The summed E-state index contributed by atoms with van der Waals surface area (Å²) in [5.74, 6) is 0.0750. The van der Waals surface area contributed by atoms with Crippen LogP contribution >= 0.6 is 0 Å². The van der Waals surface area contributed by atoms with E-state index in [0.29, 0.717) is 24.8 Å². The largest absolute Gasteiger partial charge is 0.461 e. The molecule has 3 rings (SSSR count). The van der Waals surface area contributed by atoms with Crippen LogP contribution in [-0.2, 0) is 4.74 Å². The van der Waals surface area contributed by atoms with E-state index in [4.69, 9.17) is 4.74 Å². The van der Waals surface area contributed by atoms with Gasteiger partial charge >= 0.3 is 12.0 Å². The van der Waals surface area contributed by atoms with E-state index in [-0.39, 0.29) is 11.7 Å². The van der Waals surface area contributed by atoms with Gasteiger partial charge in [0.25, 0.3) is 0 Å². The number of aromatic nitrogens is 2. The summed E-state index contributed by atoms with van der Waals surface area (Å²) in [6.07, 6.45) is 5.12. The molecule has 30 heavy (non-hydrogen) atoms. The van der Waals surface area contributed by atoms with Gasteiger partial charge in [0.1, 0.15) is 0 Å². The molecule has 0 unspecified atom stereocenters. The number of hydrogen-bond acceptors (Lipinski definition) is 5. The summed E-state index contributed by atoms with van der Waals surface area (Å²) >= 11 is 0. The van der Waals surface area contributed by atoms with Gasteiger partial charge in [0.05, 0.1) is 12.3 Å². The normalized spacial score (nSPS) is 15.0. The second-order valence-corrected chi connectivity index (χ2v) is 7.54. The highest BCUT2D eigenvalue weighted by molar-refractivity contribution is 5.89. The van der Waals surface area contributed by atoms with E-state index in [1.807, 2.05) is 24.3 Å². The van der Waals surface area contributed by atoms with Crippen LogP contribution in [0.4, 0.5) is 10.5 Å². The smallest absolute Gasteiger partial charge is 0.358 e. The molecule has 1 saturated heterocycles. The molecule has 2 aromatic rings. The van der Waals surface area contributed by atoms with Crippen molar-refractivity contribution in [1.29, 1.82) is 0 Å². The summed E-state index contributed by atoms with van der Waals surface area (Å²) in [5, 5.41) is 10.1. The predicted molar refractivity (Wildman–Crippen MR) is 116 cm³/mol. The van der Waals surface area contributed by atoms with E-state index in [9.17, 15) is 9.59 Å². The minimum atomic E-state index is -0.453. The van der Waals surface area contributed by atoms with Crippen LogP contribution in [0, 0.1) is 5.92 Å². The molecule has 162 valence electrons. The summed E-state index contributed by atoms with van der Waals surface area (Å²) in [4.78, 5) is 26.6. The van der Waals surface area contributed by atoms with Gasteiger partial charge in [-0.25, -0.2) is 14.3 Å². The van der Waals surface area contributed by atoms with Gasteiger partial charge in [0.2, 0.25) is 0 Å². The zero-order chi connectivity index (χ0) is 21.3. The Hall–Kier alpha value is -2.87. The SMILES string of the molecule is CCCN1CCC(CNC(=O)Nc2cccc(-n3ccc(C(=O)OCC)n3)c2)CC1. The average Bonchev–Trinajstić information content (AvgIpc) is 3.24. The van der Waals surface area contributed by atoms with Crippen LogP contribution in [0.15, 0.2) is 36.5 Å². The van der Waals surface area contributed by atoms with Crippen LogP contribution in [0.1, 0.15) is 43.6 Å². The Morgan fingerprint density at radius 1 is 1.20 bits per heavy atom. The maximum Gasteiger partial charge on any atom is 0.358 e. The molecule has 0 saturated carbocycles. The third-order valence-corrected chi connectivity index (χ3v) is 5.24. The van der Waals surface area contributed by atoms with Gasteiger partial charge in [0.15, 0.2) is 5.69 Å². The first-order valence-electron chi connectivity index (χ1n) is 10.7. The number of benzene rings is 1. The zero-order valence-corrected chi connectivity index (χ0v) is 17.8. The number of esters is 1. The minimum Gasteiger partial charge on any atom is -0.461 e. The van der Waals surface area contributed by atoms with E-state index in [0.717, 1.165) is 38.2 Å². The predicted octanol–water partition coefficient (Wildman–Crippen LogP) is 3.29. The number of carbonyl (C=O) groups excluding carboxylic acids is 2. The van der Waals surface area contributed by atoms with Crippen molar-refractivity contribution in [3.05, 3.63) is 42.2 Å². The lowest BCUT2D eigenvalue weighted by Gasteiger charge is -2.31. The van der Waals surface area contributed by atoms with Gasteiger partial charge in [-0.1, -0.05) is 13.0 Å². The lowest BCUT2D eigenvalue weighted by atomic mass is 9.97. The van der Waals surface area contributed by atoms with Gasteiger partial charge < -0.3 is 20.3 Å². The molecule has 0 bridgehead atoms. The Balaban J connectivity index is 1.50. The van der Waals surface area contributed by atoms with Gasteiger partial charge in [-0.2, -0.15) is 5.10 Å². The first kappa shape index (κ1) is 21.8. The standard InChI is InChI=1S/C22H31N5O3/c1-3-11-26-12-8-17(9-13-26)16-23-22(29)24-18-6-5-7-19(15-18)27-14-10-20(25-27)21(28)30-4-2/h5-7,10,14-15,17H,3-4,8-9,11-13,16H2,1-2H3,(H2,23,24,29). The maximum absolute atomic E-state index is 12.3. The summed E-state index contributed by atoms with van der Waals surface area (Å²) < 4.78 is 6.55. The molecule has 1 fully saturated rings. The molecule has 1 aliphatic rings. The van der Waals surface area contributed by atoms with Crippen molar-refractivity contribution in [3.63, 3.8) is 0 Å².